The Hall–Kier alpha value is -4.21. The van der Waals surface area contributed by atoms with Crippen LogP contribution < -0.4 is 24.3 Å². The number of amides is 1. The van der Waals surface area contributed by atoms with E-state index in [1.807, 2.05) is 6.07 Å². The zero-order valence-electron chi connectivity index (χ0n) is 18.8. The van der Waals surface area contributed by atoms with E-state index in [1.54, 1.807) is 24.3 Å². The Morgan fingerprint density at radius 1 is 0.857 bits per heavy atom. The molecule has 10 heteroatoms. The predicted octanol–water partition coefficient (Wildman–Crippen LogP) is 5.35. The first-order chi connectivity index (χ1) is 16.7. The molecule has 1 amide bonds. The summed E-state index contributed by atoms with van der Waals surface area (Å²) in [6.45, 7) is 1.36. The van der Waals surface area contributed by atoms with Gasteiger partial charge in [-0.3, -0.25) is 9.59 Å². The molecule has 35 heavy (non-hydrogen) atoms. The number of carbonyl (C=O) groups excluding carboxylic acids is 2. The number of rotatable bonds is 9. The normalized spacial score (nSPS) is 10.9. The van der Waals surface area contributed by atoms with Crippen molar-refractivity contribution in [3.05, 3.63) is 77.9 Å². The van der Waals surface area contributed by atoms with Crippen molar-refractivity contribution >= 4 is 17.6 Å². The molecule has 0 saturated carbocycles. The lowest BCUT2D eigenvalue weighted by molar-refractivity contribution is -0.137. The maximum Gasteiger partial charge on any atom is 0.416 e. The maximum absolute atomic E-state index is 13.3. The highest BCUT2D eigenvalue weighted by Gasteiger charge is 2.31. The number of methoxy groups -OCH3 is 1. The van der Waals surface area contributed by atoms with Crippen molar-refractivity contribution in [3.63, 3.8) is 0 Å². The van der Waals surface area contributed by atoms with Crippen LogP contribution in [0.5, 0.6) is 23.0 Å². The molecule has 184 valence electrons. The Balaban J connectivity index is 1.78. The molecular formula is C25H22F3NO6. The number of hydrogen-bond acceptors (Lipinski definition) is 6. The number of benzene rings is 3. The van der Waals surface area contributed by atoms with Gasteiger partial charge < -0.3 is 24.3 Å². The quantitative estimate of drug-likeness (QED) is 0.248. The Labute approximate surface area is 199 Å². The van der Waals surface area contributed by atoms with E-state index in [-0.39, 0.29) is 41.7 Å². The molecule has 7 nitrogen and oxygen atoms in total. The van der Waals surface area contributed by atoms with Crippen LogP contribution in [0.1, 0.15) is 22.8 Å². The van der Waals surface area contributed by atoms with E-state index < -0.39 is 23.6 Å². The van der Waals surface area contributed by atoms with Gasteiger partial charge in [-0.1, -0.05) is 18.2 Å². The lowest BCUT2D eigenvalue weighted by Gasteiger charge is -2.16. The van der Waals surface area contributed by atoms with Crippen LogP contribution in [0, 0.1) is 0 Å². The SMILES string of the molecule is COc1cc(C(=O)Nc2cc(C(F)(F)F)ccc2OCCOc2ccccc2)ccc1OC(C)=O. The van der Waals surface area contributed by atoms with Gasteiger partial charge in [-0.25, -0.2) is 0 Å². The molecule has 0 spiro atoms. The molecule has 0 bridgehead atoms. The van der Waals surface area contributed by atoms with E-state index in [4.69, 9.17) is 18.9 Å². The Bertz CT molecular complexity index is 1180. The summed E-state index contributed by atoms with van der Waals surface area (Å²) in [6.07, 6.45) is -4.62. The van der Waals surface area contributed by atoms with Gasteiger partial charge in [0.1, 0.15) is 24.7 Å². The molecule has 0 aliphatic heterocycles. The monoisotopic (exact) mass is 489 g/mol. The van der Waals surface area contributed by atoms with Gasteiger partial charge in [0.05, 0.1) is 18.4 Å². The first kappa shape index (κ1) is 25.4. The minimum absolute atomic E-state index is 0.0219. The molecule has 0 atom stereocenters. The summed E-state index contributed by atoms with van der Waals surface area (Å²) >= 11 is 0. The Morgan fingerprint density at radius 3 is 2.20 bits per heavy atom. The van der Waals surface area contributed by atoms with Gasteiger partial charge in [0.25, 0.3) is 5.91 Å². The summed E-state index contributed by atoms with van der Waals surface area (Å²) in [5.41, 5.74) is -1.07. The highest BCUT2D eigenvalue weighted by atomic mass is 19.4. The molecule has 0 radical (unpaired) electrons. The van der Waals surface area contributed by atoms with Gasteiger partial charge in [-0.2, -0.15) is 13.2 Å². The van der Waals surface area contributed by atoms with Crippen molar-refractivity contribution in [1.29, 1.82) is 0 Å². The fraction of sp³-hybridized carbons (Fsp3) is 0.200. The third-order valence-corrected chi connectivity index (χ3v) is 4.59. The molecule has 3 rings (SSSR count). The van der Waals surface area contributed by atoms with Gasteiger partial charge >= 0.3 is 12.1 Å². The van der Waals surface area contributed by atoms with Crippen LogP contribution in [-0.2, 0) is 11.0 Å². The summed E-state index contributed by atoms with van der Waals surface area (Å²) in [5, 5.41) is 2.44. The molecule has 0 aliphatic carbocycles. The molecular weight excluding hydrogens is 467 g/mol. The largest absolute Gasteiger partial charge is 0.493 e. The van der Waals surface area contributed by atoms with Gasteiger partial charge in [-0.15, -0.1) is 0 Å². The summed E-state index contributed by atoms with van der Waals surface area (Å²) in [5.74, 6) is -0.455. The van der Waals surface area contributed by atoms with Crippen molar-refractivity contribution in [2.45, 2.75) is 13.1 Å². The number of hydrogen-bond donors (Lipinski definition) is 1. The van der Waals surface area contributed by atoms with Gasteiger partial charge in [0, 0.05) is 12.5 Å². The van der Waals surface area contributed by atoms with Crippen LogP contribution in [0.15, 0.2) is 66.7 Å². The lowest BCUT2D eigenvalue weighted by atomic mass is 10.1. The minimum atomic E-state index is -4.62. The summed E-state index contributed by atoms with van der Waals surface area (Å²) < 4.78 is 61.0. The number of alkyl halides is 3. The number of carbonyl (C=O) groups is 2. The van der Waals surface area contributed by atoms with E-state index >= 15 is 0 Å². The summed E-state index contributed by atoms with van der Waals surface area (Å²) in [6, 6.07) is 15.7. The number of halogens is 3. The van der Waals surface area contributed by atoms with Crippen LogP contribution in [0.3, 0.4) is 0 Å². The molecule has 0 aromatic heterocycles. The van der Waals surface area contributed by atoms with Crippen LogP contribution in [0.4, 0.5) is 18.9 Å². The molecule has 1 N–H and O–H groups in total. The van der Waals surface area contributed by atoms with E-state index in [0.29, 0.717) is 5.75 Å². The predicted molar refractivity (Wildman–Crippen MR) is 121 cm³/mol. The first-order valence-electron chi connectivity index (χ1n) is 10.4. The summed E-state index contributed by atoms with van der Waals surface area (Å²) in [4.78, 5) is 24.0. The van der Waals surface area contributed by atoms with Crippen LogP contribution in [0.25, 0.3) is 0 Å². The van der Waals surface area contributed by atoms with Gasteiger partial charge in [0.15, 0.2) is 11.5 Å². The van der Waals surface area contributed by atoms with Crippen molar-refractivity contribution in [1.82, 2.24) is 0 Å². The summed E-state index contributed by atoms with van der Waals surface area (Å²) in [7, 11) is 1.32. The minimum Gasteiger partial charge on any atom is -0.493 e. The lowest BCUT2D eigenvalue weighted by Crippen LogP contribution is -2.16. The number of para-hydroxylation sites is 1. The fourth-order valence-electron chi connectivity index (χ4n) is 3.00. The second-order valence-corrected chi connectivity index (χ2v) is 7.13. The fourth-order valence-corrected chi connectivity index (χ4v) is 3.00. The zero-order chi connectivity index (χ0) is 25.4. The molecule has 0 aliphatic rings. The second kappa shape index (κ2) is 11.3. The van der Waals surface area contributed by atoms with E-state index in [1.165, 1.54) is 32.2 Å². The standard InChI is InChI=1S/C25H22F3NO6/c1-16(30)35-22-10-8-17(14-23(22)32-2)24(31)29-20-15-18(25(26,27)28)9-11-21(20)34-13-12-33-19-6-4-3-5-7-19/h3-11,14-15H,12-13H2,1-2H3,(H,29,31). The third-order valence-electron chi connectivity index (χ3n) is 4.59. The smallest absolute Gasteiger partial charge is 0.416 e. The molecule has 0 fully saturated rings. The Kier molecular flexibility index (Phi) is 8.19. The number of ether oxygens (including phenoxy) is 4. The number of anilines is 1. The van der Waals surface area contributed by atoms with Gasteiger partial charge in [-0.05, 0) is 48.5 Å². The first-order valence-corrected chi connectivity index (χ1v) is 10.4. The molecule has 0 unspecified atom stereocenters. The molecule has 0 heterocycles. The topological polar surface area (TPSA) is 83.1 Å². The van der Waals surface area contributed by atoms with Gasteiger partial charge in [0.2, 0.25) is 0 Å². The average Bonchev–Trinajstić information content (AvgIpc) is 2.82. The third kappa shape index (κ3) is 7.13. The van der Waals surface area contributed by atoms with E-state index in [9.17, 15) is 22.8 Å². The second-order valence-electron chi connectivity index (χ2n) is 7.13. The van der Waals surface area contributed by atoms with E-state index in [2.05, 4.69) is 5.32 Å². The zero-order valence-corrected chi connectivity index (χ0v) is 18.8. The number of esters is 1. The Morgan fingerprint density at radius 2 is 1.54 bits per heavy atom. The molecule has 3 aromatic carbocycles. The highest BCUT2D eigenvalue weighted by Crippen LogP contribution is 2.36. The van der Waals surface area contributed by atoms with Crippen molar-refractivity contribution in [2.24, 2.45) is 0 Å². The number of nitrogens with one attached hydrogen (secondary N) is 1. The van der Waals surface area contributed by atoms with Crippen LogP contribution in [0.2, 0.25) is 0 Å². The van der Waals surface area contributed by atoms with Crippen molar-refractivity contribution in [3.8, 4) is 23.0 Å². The average molecular weight is 489 g/mol. The molecule has 3 aromatic rings. The maximum atomic E-state index is 13.3. The van der Waals surface area contributed by atoms with Crippen LogP contribution in [-0.4, -0.2) is 32.2 Å². The van der Waals surface area contributed by atoms with Crippen molar-refractivity contribution in [2.75, 3.05) is 25.6 Å². The van der Waals surface area contributed by atoms with Crippen LogP contribution >= 0.6 is 0 Å². The van der Waals surface area contributed by atoms with E-state index in [0.717, 1.165) is 18.2 Å². The molecule has 0 saturated heterocycles. The highest BCUT2D eigenvalue weighted by molar-refractivity contribution is 6.05. The van der Waals surface area contributed by atoms with Crippen molar-refractivity contribution < 1.29 is 41.7 Å².